The van der Waals surface area contributed by atoms with Gasteiger partial charge in [-0.1, -0.05) is 29.8 Å². The van der Waals surface area contributed by atoms with Crippen LogP contribution < -0.4 is 5.43 Å². The number of carbonyl (C=O) groups excluding carboxylic acids is 1. The molecular formula is C19H23ClN2O. The van der Waals surface area contributed by atoms with Crippen LogP contribution in [-0.2, 0) is 4.79 Å². The number of hydrazone groups is 1. The molecule has 1 aromatic rings. The van der Waals surface area contributed by atoms with E-state index in [1.54, 1.807) is 6.21 Å². The highest BCUT2D eigenvalue weighted by atomic mass is 35.5. The van der Waals surface area contributed by atoms with Crippen molar-refractivity contribution in [2.45, 2.75) is 44.9 Å². The van der Waals surface area contributed by atoms with Gasteiger partial charge >= 0.3 is 0 Å². The summed E-state index contributed by atoms with van der Waals surface area (Å²) in [6, 6.07) is 7.49. The summed E-state index contributed by atoms with van der Waals surface area (Å²) in [5.41, 5.74) is 3.79. The van der Waals surface area contributed by atoms with Gasteiger partial charge in [-0.15, -0.1) is 0 Å². The zero-order valence-electron chi connectivity index (χ0n) is 13.3. The number of rotatable bonds is 4. The fourth-order valence-electron chi connectivity index (χ4n) is 5.64. The van der Waals surface area contributed by atoms with Crippen molar-refractivity contribution >= 4 is 23.7 Å². The maximum atomic E-state index is 12.3. The molecule has 122 valence electrons. The van der Waals surface area contributed by atoms with E-state index >= 15 is 0 Å². The van der Waals surface area contributed by atoms with Crippen molar-refractivity contribution in [2.75, 3.05) is 0 Å². The molecule has 1 aromatic carbocycles. The average molecular weight is 331 g/mol. The molecule has 0 aromatic heterocycles. The molecule has 0 atom stereocenters. The minimum Gasteiger partial charge on any atom is -0.273 e. The molecular weight excluding hydrogens is 308 g/mol. The number of nitrogens with zero attached hydrogens (tertiary/aromatic N) is 1. The van der Waals surface area contributed by atoms with Crippen LogP contribution in [0.5, 0.6) is 0 Å². The molecule has 23 heavy (non-hydrogen) atoms. The number of hydrogen-bond acceptors (Lipinski definition) is 2. The van der Waals surface area contributed by atoms with Gasteiger partial charge in [0, 0.05) is 17.0 Å². The highest BCUT2D eigenvalue weighted by Gasteiger charge is 2.51. The lowest BCUT2D eigenvalue weighted by molar-refractivity contribution is -0.129. The zero-order chi connectivity index (χ0) is 15.9. The zero-order valence-corrected chi connectivity index (χ0v) is 14.1. The highest BCUT2D eigenvalue weighted by Crippen LogP contribution is 2.61. The first kappa shape index (κ1) is 15.2. The fraction of sp³-hybridized carbons (Fsp3) is 0.579. The minimum absolute atomic E-state index is 0.0512. The van der Waals surface area contributed by atoms with Crippen LogP contribution in [0.3, 0.4) is 0 Å². The Labute approximate surface area is 142 Å². The molecule has 3 nitrogen and oxygen atoms in total. The Morgan fingerprint density at radius 2 is 1.78 bits per heavy atom. The highest BCUT2D eigenvalue weighted by molar-refractivity contribution is 6.33. The number of nitrogens with one attached hydrogen (secondary N) is 1. The molecule has 4 aliphatic rings. The van der Waals surface area contributed by atoms with Gasteiger partial charge in [0.25, 0.3) is 0 Å². The second kappa shape index (κ2) is 5.94. The average Bonchev–Trinajstić information content (AvgIpc) is 2.47. The van der Waals surface area contributed by atoms with Crippen LogP contribution in [0.2, 0.25) is 5.02 Å². The topological polar surface area (TPSA) is 41.5 Å². The monoisotopic (exact) mass is 330 g/mol. The van der Waals surface area contributed by atoms with E-state index in [2.05, 4.69) is 10.5 Å². The predicted molar refractivity (Wildman–Crippen MR) is 92.4 cm³/mol. The smallest absolute Gasteiger partial charge is 0.240 e. The van der Waals surface area contributed by atoms with Gasteiger partial charge in [-0.25, -0.2) is 5.43 Å². The summed E-state index contributed by atoms with van der Waals surface area (Å²) in [6.07, 6.45) is 10.2. The molecule has 0 unspecified atom stereocenters. The Balaban J connectivity index is 1.36. The van der Waals surface area contributed by atoms with Gasteiger partial charge in [-0.3, -0.25) is 4.79 Å². The minimum atomic E-state index is 0.0512. The quantitative estimate of drug-likeness (QED) is 0.645. The van der Waals surface area contributed by atoms with Crippen LogP contribution in [-0.4, -0.2) is 12.1 Å². The second-order valence-electron chi connectivity index (χ2n) is 7.91. The van der Waals surface area contributed by atoms with E-state index in [1.165, 1.54) is 38.5 Å². The van der Waals surface area contributed by atoms with Crippen molar-refractivity contribution in [3.8, 4) is 0 Å². The summed E-state index contributed by atoms with van der Waals surface area (Å²) in [4.78, 5) is 12.3. The van der Waals surface area contributed by atoms with Crippen LogP contribution in [0.15, 0.2) is 29.4 Å². The third kappa shape index (κ3) is 3.16. The van der Waals surface area contributed by atoms with Crippen LogP contribution >= 0.6 is 11.6 Å². The summed E-state index contributed by atoms with van der Waals surface area (Å²) in [5, 5.41) is 4.74. The molecule has 4 bridgehead atoms. The third-order valence-electron chi connectivity index (χ3n) is 6.00. The largest absolute Gasteiger partial charge is 0.273 e. The molecule has 0 aliphatic heterocycles. The van der Waals surface area contributed by atoms with Crippen molar-refractivity contribution in [3.63, 3.8) is 0 Å². The Bertz CT molecular complexity index is 605. The number of hydrogen-bond donors (Lipinski definition) is 1. The van der Waals surface area contributed by atoms with Crippen molar-refractivity contribution in [3.05, 3.63) is 34.9 Å². The van der Waals surface area contributed by atoms with Gasteiger partial charge < -0.3 is 0 Å². The second-order valence-corrected chi connectivity index (χ2v) is 8.32. The van der Waals surface area contributed by atoms with E-state index in [9.17, 15) is 4.79 Å². The number of halogens is 1. The van der Waals surface area contributed by atoms with E-state index < -0.39 is 0 Å². The molecule has 5 rings (SSSR count). The summed E-state index contributed by atoms with van der Waals surface area (Å²) in [7, 11) is 0. The Kier molecular flexibility index (Phi) is 3.92. The van der Waals surface area contributed by atoms with Crippen LogP contribution in [0.1, 0.15) is 50.5 Å². The summed E-state index contributed by atoms with van der Waals surface area (Å²) in [5.74, 6) is 2.68. The first-order chi connectivity index (χ1) is 11.1. The number of benzene rings is 1. The normalized spacial score (nSPS) is 34.9. The van der Waals surface area contributed by atoms with Crippen LogP contribution in [0.25, 0.3) is 0 Å². The maximum Gasteiger partial charge on any atom is 0.240 e. The molecule has 1 N–H and O–H groups in total. The van der Waals surface area contributed by atoms with Crippen molar-refractivity contribution in [2.24, 2.45) is 28.3 Å². The van der Waals surface area contributed by atoms with E-state index in [1.807, 2.05) is 24.3 Å². The number of amides is 1. The number of carbonyl (C=O) groups is 1. The molecule has 0 spiro atoms. The summed E-state index contributed by atoms with van der Waals surface area (Å²) in [6.45, 7) is 0. The molecule has 1 amide bonds. The predicted octanol–water partition coefficient (Wildman–Crippen LogP) is 4.40. The van der Waals surface area contributed by atoms with Crippen molar-refractivity contribution in [1.82, 2.24) is 5.43 Å². The van der Waals surface area contributed by atoms with Crippen LogP contribution in [0.4, 0.5) is 0 Å². The van der Waals surface area contributed by atoms with E-state index in [0.29, 0.717) is 11.4 Å². The Morgan fingerprint density at radius 1 is 1.17 bits per heavy atom. The molecule has 4 aliphatic carbocycles. The first-order valence-corrected chi connectivity index (χ1v) is 9.06. The lowest BCUT2D eigenvalue weighted by Gasteiger charge is -2.56. The summed E-state index contributed by atoms with van der Waals surface area (Å²) < 4.78 is 0. The summed E-state index contributed by atoms with van der Waals surface area (Å²) >= 11 is 6.08. The van der Waals surface area contributed by atoms with Gasteiger partial charge in [0.2, 0.25) is 5.91 Å². The van der Waals surface area contributed by atoms with E-state index in [0.717, 1.165) is 23.3 Å². The molecule has 0 saturated heterocycles. The Hall–Kier alpha value is -1.35. The van der Waals surface area contributed by atoms with Gasteiger partial charge in [-0.05, 0) is 67.8 Å². The lowest BCUT2D eigenvalue weighted by Crippen LogP contribution is -2.47. The van der Waals surface area contributed by atoms with Crippen LogP contribution in [0, 0.1) is 23.2 Å². The molecule has 4 heteroatoms. The lowest BCUT2D eigenvalue weighted by atomic mass is 9.49. The van der Waals surface area contributed by atoms with Crippen molar-refractivity contribution < 1.29 is 4.79 Å². The fourth-order valence-corrected chi connectivity index (χ4v) is 5.82. The standard InChI is InChI=1S/C19H23ClN2O/c20-17-4-2-1-3-16(17)12-21-22-18(23)11-19-8-13-5-14(9-19)7-15(6-13)10-19/h1-4,12-15H,5-11H2,(H,22,23)/b21-12-. The van der Waals surface area contributed by atoms with Gasteiger partial charge in [0.05, 0.1) is 6.21 Å². The van der Waals surface area contributed by atoms with E-state index in [-0.39, 0.29) is 11.3 Å². The SMILES string of the molecule is O=C(CC12CC3CC(CC(C3)C1)C2)N/N=C\c1ccccc1Cl. The van der Waals surface area contributed by atoms with Gasteiger partial charge in [-0.2, -0.15) is 5.10 Å². The van der Waals surface area contributed by atoms with Gasteiger partial charge in [0.1, 0.15) is 0 Å². The van der Waals surface area contributed by atoms with Crippen molar-refractivity contribution in [1.29, 1.82) is 0 Å². The molecule has 0 radical (unpaired) electrons. The maximum absolute atomic E-state index is 12.3. The van der Waals surface area contributed by atoms with Gasteiger partial charge in [0.15, 0.2) is 0 Å². The third-order valence-corrected chi connectivity index (χ3v) is 6.34. The molecule has 4 fully saturated rings. The Morgan fingerprint density at radius 3 is 2.39 bits per heavy atom. The molecule has 0 heterocycles. The van der Waals surface area contributed by atoms with E-state index in [4.69, 9.17) is 11.6 Å². The first-order valence-electron chi connectivity index (χ1n) is 8.68. The molecule has 4 saturated carbocycles.